The molecule has 1 aromatic carbocycles. The Balaban J connectivity index is 2.06. The average molecular weight is 307 g/mol. The quantitative estimate of drug-likeness (QED) is 0.853. The standard InChI is InChI=1S/C14H12ClFN4O/c1-9(6-7-17)21-11-4-2-10(3-5-11)19-13-12(16)8-18-14(15)20-13/h2-5,8-9H,6H2,1H3,(H,18,19,20). The van der Waals surface area contributed by atoms with Crippen LogP contribution in [0.5, 0.6) is 5.75 Å². The van der Waals surface area contributed by atoms with Gasteiger partial charge in [0.25, 0.3) is 0 Å². The summed E-state index contributed by atoms with van der Waals surface area (Å²) in [6.45, 7) is 1.81. The lowest BCUT2D eigenvalue weighted by atomic mass is 10.2. The number of hydrogen-bond donors (Lipinski definition) is 1. The number of ether oxygens (including phenoxy) is 1. The van der Waals surface area contributed by atoms with Crippen LogP contribution in [-0.4, -0.2) is 16.1 Å². The molecule has 2 rings (SSSR count). The van der Waals surface area contributed by atoms with Crippen LogP contribution in [0.2, 0.25) is 5.28 Å². The molecular formula is C14H12ClFN4O. The zero-order valence-electron chi connectivity index (χ0n) is 11.2. The van der Waals surface area contributed by atoms with Crippen LogP contribution in [0.15, 0.2) is 30.5 Å². The Labute approximate surface area is 126 Å². The van der Waals surface area contributed by atoms with E-state index in [1.165, 1.54) is 0 Å². The van der Waals surface area contributed by atoms with Crippen LogP contribution in [-0.2, 0) is 0 Å². The first-order valence-corrected chi connectivity index (χ1v) is 6.55. The highest BCUT2D eigenvalue weighted by Crippen LogP contribution is 2.22. The summed E-state index contributed by atoms with van der Waals surface area (Å²) in [4.78, 5) is 7.30. The molecule has 1 atom stereocenters. The average Bonchev–Trinajstić information content (AvgIpc) is 2.45. The Morgan fingerprint density at radius 1 is 1.43 bits per heavy atom. The molecule has 0 saturated carbocycles. The molecule has 108 valence electrons. The van der Waals surface area contributed by atoms with E-state index < -0.39 is 5.82 Å². The van der Waals surface area contributed by atoms with Gasteiger partial charge in [-0.15, -0.1) is 0 Å². The molecule has 0 aliphatic rings. The van der Waals surface area contributed by atoms with Crippen LogP contribution in [0.1, 0.15) is 13.3 Å². The number of benzene rings is 1. The topological polar surface area (TPSA) is 70.8 Å². The van der Waals surface area contributed by atoms with E-state index >= 15 is 0 Å². The van der Waals surface area contributed by atoms with E-state index in [1.807, 2.05) is 13.0 Å². The summed E-state index contributed by atoms with van der Waals surface area (Å²) in [6.07, 6.45) is 1.12. The minimum Gasteiger partial charge on any atom is -0.490 e. The molecule has 1 aromatic heterocycles. The van der Waals surface area contributed by atoms with Crippen molar-refractivity contribution in [2.75, 3.05) is 5.32 Å². The molecule has 0 amide bonds. The molecular weight excluding hydrogens is 295 g/mol. The van der Waals surface area contributed by atoms with Gasteiger partial charge < -0.3 is 10.1 Å². The molecule has 5 nitrogen and oxygen atoms in total. The lowest BCUT2D eigenvalue weighted by molar-refractivity contribution is 0.227. The maximum Gasteiger partial charge on any atom is 0.224 e. The van der Waals surface area contributed by atoms with Crippen molar-refractivity contribution >= 4 is 23.1 Å². The number of nitriles is 1. The fraction of sp³-hybridized carbons (Fsp3) is 0.214. The summed E-state index contributed by atoms with van der Waals surface area (Å²) < 4.78 is 19.0. The SMILES string of the molecule is CC(CC#N)Oc1ccc(Nc2nc(Cl)ncc2F)cc1. The van der Waals surface area contributed by atoms with Gasteiger partial charge in [0.1, 0.15) is 11.9 Å². The molecule has 1 N–H and O–H groups in total. The predicted octanol–water partition coefficient (Wildman–Crippen LogP) is 3.69. The summed E-state index contributed by atoms with van der Waals surface area (Å²) in [7, 11) is 0. The van der Waals surface area contributed by atoms with Gasteiger partial charge in [-0.05, 0) is 42.8 Å². The third kappa shape index (κ3) is 4.29. The minimum atomic E-state index is -0.595. The van der Waals surface area contributed by atoms with Crippen LogP contribution >= 0.6 is 11.6 Å². The van der Waals surface area contributed by atoms with E-state index in [1.54, 1.807) is 24.3 Å². The van der Waals surface area contributed by atoms with Gasteiger partial charge in [-0.1, -0.05) is 0 Å². The van der Waals surface area contributed by atoms with E-state index in [0.717, 1.165) is 6.20 Å². The first-order chi connectivity index (χ1) is 10.1. The first-order valence-electron chi connectivity index (χ1n) is 6.17. The van der Waals surface area contributed by atoms with Crippen LogP contribution < -0.4 is 10.1 Å². The second-order valence-electron chi connectivity index (χ2n) is 4.28. The Morgan fingerprint density at radius 3 is 2.81 bits per heavy atom. The van der Waals surface area contributed by atoms with E-state index in [2.05, 4.69) is 15.3 Å². The Bertz CT molecular complexity index is 657. The Kier molecular flexibility index (Phi) is 4.90. The van der Waals surface area contributed by atoms with Crippen LogP contribution in [0.25, 0.3) is 0 Å². The highest BCUT2D eigenvalue weighted by atomic mass is 35.5. The zero-order valence-corrected chi connectivity index (χ0v) is 11.9. The summed E-state index contributed by atoms with van der Waals surface area (Å²) in [5.41, 5.74) is 0.629. The van der Waals surface area contributed by atoms with Crippen molar-refractivity contribution < 1.29 is 9.13 Å². The largest absolute Gasteiger partial charge is 0.490 e. The van der Waals surface area contributed by atoms with Gasteiger partial charge in [-0.25, -0.2) is 9.37 Å². The molecule has 0 spiro atoms. The number of anilines is 2. The van der Waals surface area contributed by atoms with Crippen molar-refractivity contribution in [1.82, 2.24) is 9.97 Å². The number of halogens is 2. The van der Waals surface area contributed by atoms with Crippen molar-refractivity contribution in [2.45, 2.75) is 19.4 Å². The Morgan fingerprint density at radius 2 is 2.14 bits per heavy atom. The molecule has 7 heteroatoms. The fourth-order valence-corrected chi connectivity index (χ4v) is 1.72. The summed E-state index contributed by atoms with van der Waals surface area (Å²) >= 11 is 5.62. The summed E-state index contributed by atoms with van der Waals surface area (Å²) in [6, 6.07) is 8.90. The third-order valence-corrected chi connectivity index (χ3v) is 2.73. The predicted molar refractivity (Wildman–Crippen MR) is 77.0 cm³/mol. The van der Waals surface area contributed by atoms with Gasteiger partial charge >= 0.3 is 0 Å². The lowest BCUT2D eigenvalue weighted by Gasteiger charge is -2.12. The zero-order chi connectivity index (χ0) is 15.2. The van der Waals surface area contributed by atoms with Crippen molar-refractivity contribution in [3.05, 3.63) is 41.6 Å². The van der Waals surface area contributed by atoms with Crippen molar-refractivity contribution in [1.29, 1.82) is 5.26 Å². The number of nitrogens with zero attached hydrogens (tertiary/aromatic N) is 3. The molecule has 1 heterocycles. The van der Waals surface area contributed by atoms with Gasteiger partial charge in [0, 0.05) is 5.69 Å². The number of hydrogen-bond acceptors (Lipinski definition) is 5. The Hall–Kier alpha value is -2.39. The van der Waals surface area contributed by atoms with Gasteiger partial charge in [-0.2, -0.15) is 10.2 Å². The monoisotopic (exact) mass is 306 g/mol. The smallest absolute Gasteiger partial charge is 0.224 e. The molecule has 0 saturated heterocycles. The number of rotatable bonds is 5. The molecule has 0 aliphatic heterocycles. The maximum absolute atomic E-state index is 13.5. The first kappa shape index (κ1) is 15.0. The van der Waals surface area contributed by atoms with E-state index in [9.17, 15) is 4.39 Å². The highest BCUT2D eigenvalue weighted by Gasteiger charge is 2.07. The minimum absolute atomic E-state index is 0.00140. The number of aromatic nitrogens is 2. The van der Waals surface area contributed by atoms with Crippen LogP contribution in [0.3, 0.4) is 0 Å². The lowest BCUT2D eigenvalue weighted by Crippen LogP contribution is -2.10. The van der Waals surface area contributed by atoms with Gasteiger partial charge in [0.05, 0.1) is 18.7 Å². The van der Waals surface area contributed by atoms with Crippen LogP contribution in [0.4, 0.5) is 15.9 Å². The van der Waals surface area contributed by atoms with E-state index in [4.69, 9.17) is 21.6 Å². The summed E-state index contributed by atoms with van der Waals surface area (Å²) in [5, 5.41) is 11.3. The third-order valence-electron chi connectivity index (χ3n) is 2.55. The van der Waals surface area contributed by atoms with Crippen LogP contribution in [0, 0.1) is 17.1 Å². The van der Waals surface area contributed by atoms with E-state index in [-0.39, 0.29) is 17.2 Å². The molecule has 0 fully saturated rings. The van der Waals surface area contributed by atoms with Gasteiger partial charge in [-0.3, -0.25) is 0 Å². The molecule has 2 aromatic rings. The van der Waals surface area contributed by atoms with Crippen molar-refractivity contribution in [3.63, 3.8) is 0 Å². The van der Waals surface area contributed by atoms with Crippen molar-refractivity contribution in [3.8, 4) is 11.8 Å². The molecule has 0 bridgehead atoms. The second kappa shape index (κ2) is 6.86. The van der Waals surface area contributed by atoms with E-state index in [0.29, 0.717) is 17.9 Å². The molecule has 21 heavy (non-hydrogen) atoms. The number of nitrogens with one attached hydrogen (secondary N) is 1. The molecule has 1 unspecified atom stereocenters. The maximum atomic E-state index is 13.5. The fourth-order valence-electron chi connectivity index (χ4n) is 1.59. The van der Waals surface area contributed by atoms with Gasteiger partial charge in [0.2, 0.25) is 5.28 Å². The second-order valence-corrected chi connectivity index (χ2v) is 4.61. The molecule has 0 radical (unpaired) electrons. The summed E-state index contributed by atoms with van der Waals surface area (Å²) in [5.74, 6) is 0.0355. The normalized spacial score (nSPS) is 11.5. The van der Waals surface area contributed by atoms with Gasteiger partial charge in [0.15, 0.2) is 11.6 Å². The highest BCUT2D eigenvalue weighted by molar-refractivity contribution is 6.28. The van der Waals surface area contributed by atoms with Crippen molar-refractivity contribution in [2.24, 2.45) is 0 Å². The molecule has 0 aliphatic carbocycles.